The third-order valence-electron chi connectivity index (χ3n) is 3.85. The fourth-order valence-corrected chi connectivity index (χ4v) is 2.40. The van der Waals surface area contributed by atoms with Gasteiger partial charge in [0.25, 0.3) is 5.91 Å². The number of aryl methyl sites for hydroxylation is 1. The Balaban J connectivity index is 1.60. The number of alkyl halides is 3. The molecule has 0 unspecified atom stereocenters. The summed E-state index contributed by atoms with van der Waals surface area (Å²) < 4.78 is 43.4. The maximum Gasteiger partial charge on any atom is 0.416 e. The molecule has 140 valence electrons. The van der Waals surface area contributed by atoms with Crippen LogP contribution in [0.2, 0.25) is 0 Å². The zero-order valence-electron chi connectivity index (χ0n) is 14.4. The average molecular weight is 375 g/mol. The summed E-state index contributed by atoms with van der Waals surface area (Å²) in [4.78, 5) is 16.1. The van der Waals surface area contributed by atoms with Crippen LogP contribution in [0.5, 0.6) is 0 Å². The molecule has 0 atom stereocenters. The van der Waals surface area contributed by atoms with Crippen LogP contribution in [0.1, 0.15) is 27.4 Å². The summed E-state index contributed by atoms with van der Waals surface area (Å²) in [6, 6.07) is 11.8. The summed E-state index contributed by atoms with van der Waals surface area (Å²) in [5, 5.41) is 6.44. The molecule has 2 aromatic carbocycles. The fourth-order valence-electron chi connectivity index (χ4n) is 2.40. The molecule has 3 rings (SSSR count). The van der Waals surface area contributed by atoms with Crippen LogP contribution < -0.4 is 5.32 Å². The van der Waals surface area contributed by atoms with Crippen LogP contribution in [0.15, 0.2) is 53.1 Å². The van der Waals surface area contributed by atoms with Crippen LogP contribution in [-0.2, 0) is 12.6 Å². The monoisotopic (exact) mass is 375 g/mol. The van der Waals surface area contributed by atoms with Gasteiger partial charge in [0, 0.05) is 24.1 Å². The number of hydrogen-bond donors (Lipinski definition) is 1. The molecule has 27 heavy (non-hydrogen) atoms. The van der Waals surface area contributed by atoms with Crippen molar-refractivity contribution in [3.05, 3.63) is 71.1 Å². The van der Waals surface area contributed by atoms with Gasteiger partial charge in [-0.25, -0.2) is 0 Å². The Morgan fingerprint density at radius 3 is 2.59 bits per heavy atom. The maximum absolute atomic E-state index is 12.8. The SMILES string of the molecule is Cc1ccc(C(=O)NCCc2nc(-c3cccc(C(F)(F)F)c3)no2)cc1. The minimum absolute atomic E-state index is 0.0703. The summed E-state index contributed by atoms with van der Waals surface area (Å²) in [7, 11) is 0. The Morgan fingerprint density at radius 2 is 1.89 bits per heavy atom. The number of aromatic nitrogens is 2. The van der Waals surface area contributed by atoms with Crippen LogP contribution in [0.4, 0.5) is 13.2 Å². The van der Waals surface area contributed by atoms with Crippen molar-refractivity contribution in [2.75, 3.05) is 6.54 Å². The Hall–Kier alpha value is -3.16. The molecule has 1 heterocycles. The van der Waals surface area contributed by atoms with Gasteiger partial charge in [-0.2, -0.15) is 18.2 Å². The summed E-state index contributed by atoms with van der Waals surface area (Å²) in [5.41, 5.74) is 1.02. The van der Waals surface area contributed by atoms with Gasteiger partial charge < -0.3 is 9.84 Å². The highest BCUT2D eigenvalue weighted by molar-refractivity contribution is 5.94. The lowest BCUT2D eigenvalue weighted by atomic mass is 10.1. The van der Waals surface area contributed by atoms with Crippen molar-refractivity contribution in [1.82, 2.24) is 15.5 Å². The third-order valence-corrected chi connectivity index (χ3v) is 3.85. The lowest BCUT2D eigenvalue weighted by Gasteiger charge is -2.06. The first kappa shape index (κ1) is 18.6. The van der Waals surface area contributed by atoms with E-state index in [1.165, 1.54) is 12.1 Å². The lowest BCUT2D eigenvalue weighted by molar-refractivity contribution is -0.137. The lowest BCUT2D eigenvalue weighted by Crippen LogP contribution is -2.25. The van der Waals surface area contributed by atoms with E-state index in [4.69, 9.17) is 4.52 Å². The highest BCUT2D eigenvalue weighted by Gasteiger charge is 2.30. The fraction of sp³-hybridized carbons (Fsp3) is 0.211. The smallest absolute Gasteiger partial charge is 0.352 e. The molecular formula is C19H16F3N3O2. The molecular weight excluding hydrogens is 359 g/mol. The van der Waals surface area contributed by atoms with Crippen molar-refractivity contribution in [2.24, 2.45) is 0 Å². The van der Waals surface area contributed by atoms with E-state index in [-0.39, 0.29) is 36.2 Å². The zero-order valence-corrected chi connectivity index (χ0v) is 14.4. The molecule has 8 heteroatoms. The maximum atomic E-state index is 12.8. The Morgan fingerprint density at radius 1 is 1.15 bits per heavy atom. The molecule has 1 aromatic heterocycles. The predicted molar refractivity (Wildman–Crippen MR) is 92.0 cm³/mol. The van der Waals surface area contributed by atoms with E-state index in [0.717, 1.165) is 17.7 Å². The number of carbonyl (C=O) groups excluding carboxylic acids is 1. The van der Waals surface area contributed by atoms with Gasteiger partial charge >= 0.3 is 6.18 Å². The number of amides is 1. The summed E-state index contributed by atoms with van der Waals surface area (Å²) in [6.07, 6.45) is -4.17. The van der Waals surface area contributed by atoms with Crippen LogP contribution in [0.3, 0.4) is 0 Å². The van der Waals surface area contributed by atoms with E-state index in [1.807, 2.05) is 19.1 Å². The number of benzene rings is 2. The Labute approximate surface area is 153 Å². The van der Waals surface area contributed by atoms with Crippen molar-refractivity contribution in [3.63, 3.8) is 0 Å². The number of nitrogens with one attached hydrogen (secondary N) is 1. The minimum Gasteiger partial charge on any atom is -0.352 e. The molecule has 0 bridgehead atoms. The zero-order chi connectivity index (χ0) is 19.4. The van der Waals surface area contributed by atoms with Crippen molar-refractivity contribution in [3.8, 4) is 11.4 Å². The first-order valence-corrected chi connectivity index (χ1v) is 8.18. The van der Waals surface area contributed by atoms with Crippen LogP contribution in [0.25, 0.3) is 11.4 Å². The second-order valence-electron chi connectivity index (χ2n) is 5.96. The van der Waals surface area contributed by atoms with Gasteiger partial charge in [-0.1, -0.05) is 35.0 Å². The second-order valence-corrected chi connectivity index (χ2v) is 5.96. The standard InChI is InChI=1S/C19H16F3N3O2/c1-12-5-7-13(8-6-12)18(26)23-10-9-16-24-17(25-27-16)14-3-2-4-15(11-14)19(20,21)22/h2-8,11H,9-10H2,1H3,(H,23,26). The van der Waals surface area contributed by atoms with Crippen molar-refractivity contribution in [2.45, 2.75) is 19.5 Å². The highest BCUT2D eigenvalue weighted by Crippen LogP contribution is 2.31. The molecule has 0 aliphatic rings. The number of carbonyl (C=O) groups is 1. The van der Waals surface area contributed by atoms with Gasteiger partial charge in [0.15, 0.2) is 0 Å². The molecule has 0 spiro atoms. The summed E-state index contributed by atoms with van der Waals surface area (Å²) >= 11 is 0. The molecule has 0 aliphatic carbocycles. The topological polar surface area (TPSA) is 68.0 Å². The first-order valence-electron chi connectivity index (χ1n) is 8.18. The molecule has 1 N–H and O–H groups in total. The summed E-state index contributed by atoms with van der Waals surface area (Å²) in [6.45, 7) is 2.19. The molecule has 5 nitrogen and oxygen atoms in total. The van der Waals surface area contributed by atoms with Gasteiger partial charge in [-0.15, -0.1) is 0 Å². The average Bonchev–Trinajstić information content (AvgIpc) is 3.10. The largest absolute Gasteiger partial charge is 0.416 e. The van der Waals surface area contributed by atoms with E-state index >= 15 is 0 Å². The highest BCUT2D eigenvalue weighted by atomic mass is 19.4. The summed E-state index contributed by atoms with van der Waals surface area (Å²) in [5.74, 6) is 0.0696. The number of halogens is 3. The van der Waals surface area contributed by atoms with E-state index in [0.29, 0.717) is 5.56 Å². The molecule has 3 aromatic rings. The molecule has 0 saturated carbocycles. The third kappa shape index (κ3) is 4.72. The van der Waals surface area contributed by atoms with Crippen molar-refractivity contribution < 1.29 is 22.5 Å². The normalized spacial score (nSPS) is 11.4. The van der Waals surface area contributed by atoms with Gasteiger partial charge in [-0.3, -0.25) is 4.79 Å². The van der Waals surface area contributed by atoms with E-state index in [1.54, 1.807) is 12.1 Å². The minimum atomic E-state index is -4.44. The molecule has 0 fully saturated rings. The van der Waals surface area contributed by atoms with Crippen LogP contribution in [0, 0.1) is 6.92 Å². The van der Waals surface area contributed by atoms with Crippen LogP contribution >= 0.6 is 0 Å². The molecule has 0 radical (unpaired) electrons. The van der Waals surface area contributed by atoms with E-state index < -0.39 is 11.7 Å². The Kier molecular flexibility index (Phi) is 5.25. The molecule has 0 saturated heterocycles. The van der Waals surface area contributed by atoms with Crippen LogP contribution in [-0.4, -0.2) is 22.6 Å². The number of rotatable bonds is 5. The first-order chi connectivity index (χ1) is 12.8. The van der Waals surface area contributed by atoms with Gasteiger partial charge in [-0.05, 0) is 31.2 Å². The van der Waals surface area contributed by atoms with Gasteiger partial charge in [0.2, 0.25) is 11.7 Å². The van der Waals surface area contributed by atoms with E-state index in [2.05, 4.69) is 15.5 Å². The number of nitrogens with zero attached hydrogens (tertiary/aromatic N) is 2. The van der Waals surface area contributed by atoms with Crippen molar-refractivity contribution in [1.29, 1.82) is 0 Å². The molecule has 1 amide bonds. The number of hydrogen-bond acceptors (Lipinski definition) is 4. The molecule has 0 aliphatic heterocycles. The second kappa shape index (κ2) is 7.61. The van der Waals surface area contributed by atoms with Gasteiger partial charge in [0.05, 0.1) is 5.56 Å². The van der Waals surface area contributed by atoms with Gasteiger partial charge in [0.1, 0.15) is 0 Å². The van der Waals surface area contributed by atoms with Crippen molar-refractivity contribution >= 4 is 5.91 Å². The predicted octanol–water partition coefficient (Wildman–Crippen LogP) is 4.04. The quantitative estimate of drug-likeness (QED) is 0.731. The van der Waals surface area contributed by atoms with E-state index in [9.17, 15) is 18.0 Å². The Bertz CT molecular complexity index is 934.